The quantitative estimate of drug-likeness (QED) is 0.0421. The van der Waals surface area contributed by atoms with E-state index < -0.39 is 12.2 Å². The number of hydrogen-bond acceptors (Lipinski definition) is 5. The molecule has 1 saturated carbocycles. The van der Waals surface area contributed by atoms with Crippen LogP contribution in [0.25, 0.3) is 0 Å². The van der Waals surface area contributed by atoms with E-state index in [1.807, 2.05) is 0 Å². The molecule has 0 aromatic heterocycles. The third kappa shape index (κ3) is 17.0. The molecule has 5 heteroatoms. The third-order valence-corrected chi connectivity index (χ3v) is 12.1. The monoisotopic (exact) mass is 665 g/mol. The van der Waals surface area contributed by atoms with E-state index in [0.29, 0.717) is 25.9 Å². The molecule has 0 aromatic rings. The minimum Gasteiger partial charge on any atom is -0.466 e. The molecule has 0 amide bonds. The van der Waals surface area contributed by atoms with Crippen molar-refractivity contribution in [3.8, 4) is 0 Å². The highest BCUT2D eigenvalue weighted by atomic mass is 16.5. The van der Waals surface area contributed by atoms with Gasteiger partial charge in [-0.1, -0.05) is 131 Å². The van der Waals surface area contributed by atoms with Gasteiger partial charge in [0.05, 0.1) is 24.9 Å². The normalized spacial score (nSPS) is 23.9. The van der Waals surface area contributed by atoms with Gasteiger partial charge in [0.2, 0.25) is 0 Å². The number of allylic oxidation sites excluding steroid dienone is 2. The number of hydrogen-bond donors (Lipinski definition) is 3. The number of aliphatic hydroxyl groups excluding tert-OH is 3. The third-order valence-electron chi connectivity index (χ3n) is 12.1. The number of unbranched alkanes of at least 4 members (excludes halogenated alkanes) is 6. The van der Waals surface area contributed by atoms with Gasteiger partial charge < -0.3 is 20.1 Å². The molecule has 5 nitrogen and oxygen atoms in total. The van der Waals surface area contributed by atoms with E-state index in [4.69, 9.17) is 4.74 Å². The second-order valence-corrected chi connectivity index (χ2v) is 15.2. The first-order chi connectivity index (χ1) is 22.7. The topological polar surface area (TPSA) is 87.0 Å². The molecule has 0 spiro atoms. The van der Waals surface area contributed by atoms with E-state index >= 15 is 0 Å². The highest BCUT2D eigenvalue weighted by Crippen LogP contribution is 2.42. The van der Waals surface area contributed by atoms with Crippen molar-refractivity contribution in [3.63, 3.8) is 0 Å². The fraction of sp³-hybridized carbons (Fsp3) is 0.929. The SMILES string of the molecule is CCCCCCC[C@H](O)CC[C@@H]1[C@@H](C/C=C\CCCC(=O)OCCCCC(CC)C(CC)C(CC)C(CC)C(C)CC)[C@@H](O)C[C@H]1O. The first-order valence-electron chi connectivity index (χ1n) is 20.5. The molecule has 278 valence electrons. The highest BCUT2D eigenvalue weighted by Gasteiger charge is 2.40. The van der Waals surface area contributed by atoms with Gasteiger partial charge >= 0.3 is 5.97 Å². The van der Waals surface area contributed by atoms with Crippen molar-refractivity contribution in [3.05, 3.63) is 12.2 Å². The molecule has 1 aliphatic carbocycles. The van der Waals surface area contributed by atoms with Gasteiger partial charge in [-0.2, -0.15) is 0 Å². The Morgan fingerprint density at radius 1 is 0.723 bits per heavy atom. The lowest BCUT2D eigenvalue weighted by Crippen LogP contribution is -2.31. The van der Waals surface area contributed by atoms with Crippen molar-refractivity contribution in [2.75, 3.05) is 6.61 Å². The Labute approximate surface area is 292 Å². The number of aliphatic hydroxyl groups is 3. The Bertz CT molecular complexity index is 783. The van der Waals surface area contributed by atoms with Gasteiger partial charge in [-0.3, -0.25) is 4.79 Å². The molecule has 1 aliphatic rings. The smallest absolute Gasteiger partial charge is 0.305 e. The lowest BCUT2D eigenvalue weighted by molar-refractivity contribution is -0.143. The maximum atomic E-state index is 12.4. The number of ether oxygens (including phenoxy) is 1. The Balaban J connectivity index is 2.33. The van der Waals surface area contributed by atoms with Crippen LogP contribution in [0.4, 0.5) is 0 Å². The number of carbonyl (C=O) groups is 1. The van der Waals surface area contributed by atoms with Crippen LogP contribution in [-0.4, -0.2) is 46.2 Å². The molecule has 5 unspecified atom stereocenters. The first kappa shape index (κ1) is 44.1. The van der Waals surface area contributed by atoms with Crippen LogP contribution in [0.2, 0.25) is 0 Å². The van der Waals surface area contributed by atoms with E-state index in [-0.39, 0.29) is 23.9 Å². The van der Waals surface area contributed by atoms with Gasteiger partial charge in [-0.05, 0) is 99.2 Å². The van der Waals surface area contributed by atoms with Crippen molar-refractivity contribution >= 4 is 5.97 Å². The standard InChI is InChI=1S/C42H80O5/c1-8-14-15-16-19-25-34(43)28-29-39-38(40(44)31-41(39)45)26-20-17-18-21-27-42(46)47-30-23-22-24-33(10-3)36(12-5)37(13-6)35(11-4)32(7)9-2/h17,20,32-41,43-45H,8-16,18-19,21-31H2,1-7H3/b20-17-/t32?,33?,34-,35?,36?,37?,38+,39+,40-,41+/m0/s1. The molecule has 3 N–H and O–H groups in total. The van der Waals surface area contributed by atoms with Gasteiger partial charge in [0, 0.05) is 6.42 Å². The lowest BCUT2D eigenvalue weighted by Gasteiger charge is -2.39. The zero-order valence-corrected chi connectivity index (χ0v) is 32.1. The molecule has 1 fully saturated rings. The number of esters is 1. The zero-order chi connectivity index (χ0) is 35.0. The van der Waals surface area contributed by atoms with Crippen molar-refractivity contribution in [2.45, 2.75) is 202 Å². The summed E-state index contributed by atoms with van der Waals surface area (Å²) in [6, 6.07) is 0. The maximum absolute atomic E-state index is 12.4. The van der Waals surface area contributed by atoms with Crippen LogP contribution in [0.3, 0.4) is 0 Å². The minimum atomic E-state index is -0.493. The summed E-state index contributed by atoms with van der Waals surface area (Å²) in [5.74, 6) is 3.93. The van der Waals surface area contributed by atoms with Crippen molar-refractivity contribution in [1.82, 2.24) is 0 Å². The first-order valence-corrected chi connectivity index (χ1v) is 20.5. The lowest BCUT2D eigenvalue weighted by atomic mass is 9.66. The molecule has 0 aliphatic heterocycles. The van der Waals surface area contributed by atoms with E-state index in [2.05, 4.69) is 60.6 Å². The van der Waals surface area contributed by atoms with Gasteiger partial charge in [0.25, 0.3) is 0 Å². The summed E-state index contributed by atoms with van der Waals surface area (Å²) >= 11 is 0. The average Bonchev–Trinajstić information content (AvgIpc) is 3.34. The van der Waals surface area contributed by atoms with E-state index in [0.717, 1.165) is 81.0 Å². The molecule has 10 atom stereocenters. The molecule has 0 heterocycles. The molecular weight excluding hydrogens is 584 g/mol. The van der Waals surface area contributed by atoms with Crippen LogP contribution in [0.1, 0.15) is 183 Å². The second kappa shape index (κ2) is 26.9. The zero-order valence-electron chi connectivity index (χ0n) is 32.1. The van der Waals surface area contributed by atoms with Crippen LogP contribution in [-0.2, 0) is 9.53 Å². The predicted molar refractivity (Wildman–Crippen MR) is 199 cm³/mol. The van der Waals surface area contributed by atoms with Crippen molar-refractivity contribution in [1.29, 1.82) is 0 Å². The fourth-order valence-corrected chi connectivity index (χ4v) is 8.98. The summed E-state index contributed by atoms with van der Waals surface area (Å²) in [4.78, 5) is 12.4. The molecule has 0 radical (unpaired) electrons. The Hall–Kier alpha value is -0.910. The summed E-state index contributed by atoms with van der Waals surface area (Å²) < 4.78 is 5.59. The molecule has 47 heavy (non-hydrogen) atoms. The van der Waals surface area contributed by atoms with Gasteiger partial charge in [0.15, 0.2) is 0 Å². The predicted octanol–water partition coefficient (Wildman–Crippen LogP) is 10.8. The summed E-state index contributed by atoms with van der Waals surface area (Å²) in [5, 5.41) is 31.6. The average molecular weight is 665 g/mol. The van der Waals surface area contributed by atoms with Crippen LogP contribution in [0.15, 0.2) is 12.2 Å². The van der Waals surface area contributed by atoms with E-state index in [1.54, 1.807) is 0 Å². The van der Waals surface area contributed by atoms with Crippen molar-refractivity contribution < 1.29 is 24.9 Å². The number of rotatable bonds is 29. The maximum Gasteiger partial charge on any atom is 0.305 e. The van der Waals surface area contributed by atoms with Crippen LogP contribution in [0.5, 0.6) is 0 Å². The van der Waals surface area contributed by atoms with E-state index in [1.165, 1.54) is 64.2 Å². The summed E-state index contributed by atoms with van der Waals surface area (Å²) in [6.07, 6.45) is 24.0. The number of carbonyl (C=O) groups excluding carboxylic acids is 1. The summed E-state index contributed by atoms with van der Waals surface area (Å²) in [6.45, 7) is 17.1. The molecule has 0 saturated heterocycles. The second-order valence-electron chi connectivity index (χ2n) is 15.2. The summed E-state index contributed by atoms with van der Waals surface area (Å²) in [5.41, 5.74) is 0. The van der Waals surface area contributed by atoms with Crippen LogP contribution < -0.4 is 0 Å². The van der Waals surface area contributed by atoms with Gasteiger partial charge in [-0.25, -0.2) is 0 Å². The molecule has 1 rings (SSSR count). The highest BCUT2D eigenvalue weighted by molar-refractivity contribution is 5.69. The van der Waals surface area contributed by atoms with Gasteiger partial charge in [-0.15, -0.1) is 0 Å². The largest absolute Gasteiger partial charge is 0.466 e. The Morgan fingerprint density at radius 2 is 1.38 bits per heavy atom. The molecular formula is C42H80O5. The van der Waals surface area contributed by atoms with Crippen LogP contribution in [0, 0.1) is 41.4 Å². The Morgan fingerprint density at radius 3 is 2.02 bits per heavy atom. The molecule has 0 bridgehead atoms. The van der Waals surface area contributed by atoms with Gasteiger partial charge in [0.1, 0.15) is 0 Å². The minimum absolute atomic E-state index is 0.0312. The van der Waals surface area contributed by atoms with E-state index in [9.17, 15) is 20.1 Å². The fourth-order valence-electron chi connectivity index (χ4n) is 8.98. The van der Waals surface area contributed by atoms with Crippen LogP contribution >= 0.6 is 0 Å². The Kier molecular flexibility index (Phi) is 25.2. The summed E-state index contributed by atoms with van der Waals surface area (Å²) in [7, 11) is 0. The van der Waals surface area contributed by atoms with Crippen molar-refractivity contribution in [2.24, 2.45) is 41.4 Å². The molecule has 0 aromatic carbocycles.